The Bertz CT molecular complexity index is 1390. The summed E-state index contributed by atoms with van der Waals surface area (Å²) < 4.78 is 27.9. The second-order valence-corrected chi connectivity index (χ2v) is 8.17. The maximum atomic E-state index is 12.5. The molecule has 0 spiro atoms. The number of hydrogen-bond donors (Lipinski definition) is 1. The highest BCUT2D eigenvalue weighted by Gasteiger charge is 2.33. The van der Waals surface area contributed by atoms with E-state index < -0.39 is 11.9 Å². The number of nitriles is 1. The number of allylic oxidation sites excluding steroid dienone is 1. The molecule has 0 fully saturated rings. The highest BCUT2D eigenvalue weighted by atomic mass is 16.6. The maximum absolute atomic E-state index is 12.5. The van der Waals surface area contributed by atoms with Gasteiger partial charge in [0.05, 0.1) is 20.1 Å². The molecule has 0 saturated carbocycles. The van der Waals surface area contributed by atoms with Crippen LogP contribution >= 0.6 is 0 Å². The standard InChI is InChI=1S/C28H26N2O6/c1-16-7-5-9-22(17(16)2)34-15-25(31)35-18-11-12-19-24(13-18)36-28(30)21(14-29)26(19)20-8-6-10-23(32-3)27(20)33-4/h5-13,26H,15,30H2,1-4H3. The zero-order chi connectivity index (χ0) is 25.8. The van der Waals surface area contributed by atoms with Gasteiger partial charge in [-0.1, -0.05) is 30.3 Å². The van der Waals surface area contributed by atoms with Crippen LogP contribution in [0.3, 0.4) is 0 Å². The third kappa shape index (κ3) is 4.64. The summed E-state index contributed by atoms with van der Waals surface area (Å²) in [6, 6.07) is 18.1. The Balaban J connectivity index is 1.61. The Morgan fingerprint density at radius 1 is 1.03 bits per heavy atom. The molecule has 4 rings (SSSR count). The molecule has 0 saturated heterocycles. The number of carbonyl (C=O) groups is 1. The van der Waals surface area contributed by atoms with Crippen molar-refractivity contribution in [1.29, 1.82) is 5.26 Å². The van der Waals surface area contributed by atoms with Crippen LogP contribution in [-0.4, -0.2) is 26.8 Å². The van der Waals surface area contributed by atoms with Gasteiger partial charge in [0.25, 0.3) is 0 Å². The van der Waals surface area contributed by atoms with E-state index in [0.717, 1.165) is 11.1 Å². The lowest BCUT2D eigenvalue weighted by Gasteiger charge is -2.28. The first-order valence-electron chi connectivity index (χ1n) is 11.2. The third-order valence-electron chi connectivity index (χ3n) is 6.07. The lowest BCUT2D eigenvalue weighted by molar-refractivity contribution is -0.136. The van der Waals surface area contributed by atoms with E-state index in [1.54, 1.807) is 37.4 Å². The molecule has 1 aliphatic rings. The summed E-state index contributed by atoms with van der Waals surface area (Å²) in [4.78, 5) is 12.5. The zero-order valence-electron chi connectivity index (χ0n) is 20.5. The van der Waals surface area contributed by atoms with Crippen molar-refractivity contribution in [1.82, 2.24) is 0 Å². The van der Waals surface area contributed by atoms with E-state index in [1.165, 1.54) is 7.11 Å². The van der Waals surface area contributed by atoms with Gasteiger partial charge in [-0.05, 0) is 43.2 Å². The van der Waals surface area contributed by atoms with Gasteiger partial charge in [-0.2, -0.15) is 5.26 Å². The minimum Gasteiger partial charge on any atom is -0.493 e. The minimum absolute atomic E-state index is 0.0402. The molecule has 1 aliphatic heterocycles. The molecule has 0 bridgehead atoms. The summed E-state index contributed by atoms with van der Waals surface area (Å²) >= 11 is 0. The van der Waals surface area contributed by atoms with Crippen LogP contribution in [0.25, 0.3) is 0 Å². The van der Waals surface area contributed by atoms with Crippen molar-refractivity contribution in [2.24, 2.45) is 5.73 Å². The molecule has 1 unspecified atom stereocenters. The lowest BCUT2D eigenvalue weighted by Crippen LogP contribution is -2.22. The van der Waals surface area contributed by atoms with Crippen LogP contribution in [0.4, 0.5) is 0 Å². The largest absolute Gasteiger partial charge is 0.493 e. The molecule has 8 nitrogen and oxygen atoms in total. The number of esters is 1. The Labute approximate surface area is 209 Å². The Morgan fingerprint density at radius 3 is 2.50 bits per heavy atom. The van der Waals surface area contributed by atoms with Crippen LogP contribution in [-0.2, 0) is 4.79 Å². The zero-order valence-corrected chi connectivity index (χ0v) is 20.5. The average molecular weight is 487 g/mol. The fourth-order valence-corrected chi connectivity index (χ4v) is 4.14. The number of rotatable bonds is 7. The summed E-state index contributed by atoms with van der Waals surface area (Å²) in [5, 5.41) is 9.85. The van der Waals surface area contributed by atoms with Crippen molar-refractivity contribution >= 4 is 5.97 Å². The summed E-state index contributed by atoms with van der Waals surface area (Å²) in [5.41, 5.74) is 9.74. The topological polar surface area (TPSA) is 113 Å². The fraction of sp³-hybridized carbons (Fsp3) is 0.214. The maximum Gasteiger partial charge on any atom is 0.349 e. The highest BCUT2D eigenvalue weighted by Crippen LogP contribution is 2.47. The summed E-state index contributed by atoms with van der Waals surface area (Å²) in [5.74, 6) is 1.07. The van der Waals surface area contributed by atoms with Gasteiger partial charge in [0.1, 0.15) is 28.9 Å². The molecule has 184 valence electrons. The van der Waals surface area contributed by atoms with E-state index in [9.17, 15) is 10.1 Å². The Morgan fingerprint density at radius 2 is 1.78 bits per heavy atom. The van der Waals surface area contributed by atoms with Crippen LogP contribution in [0.1, 0.15) is 28.2 Å². The van der Waals surface area contributed by atoms with Crippen LogP contribution < -0.4 is 29.4 Å². The SMILES string of the molecule is COc1cccc(C2C(C#N)=C(N)Oc3cc(OC(=O)COc4cccc(C)c4C)ccc32)c1OC. The summed E-state index contributed by atoms with van der Waals surface area (Å²) in [6.45, 7) is 3.64. The molecule has 0 radical (unpaired) electrons. The van der Waals surface area contributed by atoms with Crippen LogP contribution in [0.15, 0.2) is 66.1 Å². The highest BCUT2D eigenvalue weighted by molar-refractivity contribution is 5.74. The van der Waals surface area contributed by atoms with E-state index in [1.807, 2.05) is 38.1 Å². The van der Waals surface area contributed by atoms with E-state index in [-0.39, 0.29) is 23.8 Å². The second kappa shape index (κ2) is 10.3. The predicted octanol–water partition coefficient (Wildman–Crippen LogP) is 4.52. The number of aryl methyl sites for hydroxylation is 1. The molecule has 3 aromatic carbocycles. The van der Waals surface area contributed by atoms with E-state index in [0.29, 0.717) is 34.1 Å². The Kier molecular flexibility index (Phi) is 7.02. The number of fused-ring (bicyclic) bond motifs is 1. The van der Waals surface area contributed by atoms with Gasteiger partial charge in [0.2, 0.25) is 5.88 Å². The number of hydrogen-bond acceptors (Lipinski definition) is 8. The number of nitrogens with zero attached hydrogens (tertiary/aromatic N) is 1. The van der Waals surface area contributed by atoms with Gasteiger partial charge < -0.3 is 29.4 Å². The first-order valence-corrected chi connectivity index (χ1v) is 11.2. The summed E-state index contributed by atoms with van der Waals surface area (Å²) in [6.07, 6.45) is 0. The third-order valence-corrected chi connectivity index (χ3v) is 6.07. The number of para-hydroxylation sites is 1. The van der Waals surface area contributed by atoms with Gasteiger partial charge in [-0.3, -0.25) is 0 Å². The monoisotopic (exact) mass is 486 g/mol. The number of benzene rings is 3. The smallest absolute Gasteiger partial charge is 0.349 e. The van der Waals surface area contributed by atoms with Crippen molar-refractivity contribution in [2.45, 2.75) is 19.8 Å². The molecule has 0 aromatic heterocycles. The molecular formula is C28H26N2O6. The minimum atomic E-state index is -0.570. The van der Waals surface area contributed by atoms with Crippen molar-refractivity contribution < 1.29 is 28.5 Å². The van der Waals surface area contributed by atoms with Gasteiger partial charge in [0, 0.05) is 17.2 Å². The molecule has 1 atom stereocenters. The van der Waals surface area contributed by atoms with Crippen molar-refractivity contribution in [3.63, 3.8) is 0 Å². The number of nitrogens with two attached hydrogens (primary N) is 1. The normalized spacial score (nSPS) is 14.2. The van der Waals surface area contributed by atoms with Crippen LogP contribution in [0.2, 0.25) is 0 Å². The average Bonchev–Trinajstić information content (AvgIpc) is 2.88. The van der Waals surface area contributed by atoms with Gasteiger partial charge >= 0.3 is 5.97 Å². The Hall–Kier alpha value is -4.64. The van der Waals surface area contributed by atoms with Crippen LogP contribution in [0, 0.1) is 25.2 Å². The van der Waals surface area contributed by atoms with Crippen molar-refractivity contribution in [3.8, 4) is 34.8 Å². The van der Waals surface area contributed by atoms with Crippen molar-refractivity contribution in [2.75, 3.05) is 20.8 Å². The van der Waals surface area contributed by atoms with Crippen LogP contribution in [0.5, 0.6) is 28.7 Å². The second-order valence-electron chi connectivity index (χ2n) is 8.17. The number of ether oxygens (including phenoxy) is 5. The van der Waals surface area contributed by atoms with Gasteiger partial charge in [-0.25, -0.2) is 4.79 Å². The predicted molar refractivity (Wildman–Crippen MR) is 132 cm³/mol. The molecular weight excluding hydrogens is 460 g/mol. The molecule has 0 aliphatic carbocycles. The number of methoxy groups -OCH3 is 2. The quantitative estimate of drug-likeness (QED) is 0.383. The molecule has 2 N–H and O–H groups in total. The van der Waals surface area contributed by atoms with Gasteiger partial charge in [0.15, 0.2) is 18.1 Å². The molecule has 3 aromatic rings. The molecule has 1 heterocycles. The van der Waals surface area contributed by atoms with E-state index in [4.69, 9.17) is 29.4 Å². The lowest BCUT2D eigenvalue weighted by atomic mass is 9.83. The van der Waals surface area contributed by atoms with E-state index in [2.05, 4.69) is 6.07 Å². The molecule has 36 heavy (non-hydrogen) atoms. The first kappa shape index (κ1) is 24.5. The molecule has 8 heteroatoms. The van der Waals surface area contributed by atoms with Gasteiger partial charge in [-0.15, -0.1) is 0 Å². The summed E-state index contributed by atoms with van der Waals surface area (Å²) in [7, 11) is 3.07. The van der Waals surface area contributed by atoms with Crippen molar-refractivity contribution in [3.05, 3.63) is 88.3 Å². The molecule has 0 amide bonds. The number of carbonyl (C=O) groups excluding carboxylic acids is 1. The first-order chi connectivity index (χ1) is 17.4. The fourth-order valence-electron chi connectivity index (χ4n) is 4.14. The van der Waals surface area contributed by atoms with E-state index >= 15 is 0 Å².